The highest BCUT2D eigenvalue weighted by molar-refractivity contribution is 7.89. The van der Waals surface area contributed by atoms with Crippen LogP contribution in [0.25, 0.3) is 11.3 Å². The molecule has 1 aliphatic heterocycles. The topological polar surface area (TPSA) is 66.4 Å². The van der Waals surface area contributed by atoms with Gasteiger partial charge in [0.05, 0.1) is 21.2 Å². The predicted molar refractivity (Wildman–Crippen MR) is 115 cm³/mol. The molecular weight excluding hydrogens is 484 g/mol. The number of nitrogens with zero attached hydrogens (tertiary/aromatic N) is 4. The number of benzene rings is 2. The molecule has 0 N–H and O–H groups in total. The molecule has 0 atom stereocenters. The minimum absolute atomic E-state index is 0.106. The molecule has 2 aromatic carbocycles. The maximum atomic E-state index is 13.4. The summed E-state index contributed by atoms with van der Waals surface area (Å²) >= 11 is 5.72. The van der Waals surface area contributed by atoms with Crippen molar-refractivity contribution < 1.29 is 26.0 Å². The Bertz CT molecular complexity index is 1280. The lowest BCUT2D eigenvalue weighted by Gasteiger charge is -2.34. The molecule has 1 aliphatic rings. The van der Waals surface area contributed by atoms with Crippen LogP contribution in [0.15, 0.2) is 59.6 Å². The van der Waals surface area contributed by atoms with Gasteiger partial charge in [0.15, 0.2) is 0 Å². The summed E-state index contributed by atoms with van der Waals surface area (Å²) in [6.07, 6.45) is -3.02. The van der Waals surface area contributed by atoms with Crippen LogP contribution in [0.1, 0.15) is 5.56 Å². The highest BCUT2D eigenvalue weighted by atomic mass is 35.5. The zero-order chi connectivity index (χ0) is 23.8. The van der Waals surface area contributed by atoms with Crippen LogP contribution in [0, 0.1) is 5.82 Å². The number of halogens is 5. The molecule has 0 unspecified atom stereocenters. The van der Waals surface area contributed by atoms with Crippen molar-refractivity contribution in [2.45, 2.75) is 11.1 Å². The molecule has 0 saturated carbocycles. The lowest BCUT2D eigenvalue weighted by Crippen LogP contribution is -2.49. The summed E-state index contributed by atoms with van der Waals surface area (Å²) in [5.74, 6) is -0.426. The first-order valence-electron chi connectivity index (χ1n) is 9.76. The summed E-state index contributed by atoms with van der Waals surface area (Å²) in [6.45, 7) is 0.767. The maximum Gasteiger partial charge on any atom is 0.416 e. The van der Waals surface area contributed by atoms with Gasteiger partial charge in [-0.3, -0.25) is 0 Å². The van der Waals surface area contributed by atoms with Crippen LogP contribution in [0.2, 0.25) is 5.02 Å². The van der Waals surface area contributed by atoms with E-state index in [4.69, 9.17) is 11.6 Å². The average molecular weight is 501 g/mol. The van der Waals surface area contributed by atoms with Crippen molar-refractivity contribution in [3.05, 3.63) is 71.1 Å². The van der Waals surface area contributed by atoms with Crippen molar-refractivity contribution >= 4 is 27.6 Å². The summed E-state index contributed by atoms with van der Waals surface area (Å²) < 4.78 is 79.4. The summed E-state index contributed by atoms with van der Waals surface area (Å²) in [6, 6.07) is 9.58. The van der Waals surface area contributed by atoms with Gasteiger partial charge in [0.25, 0.3) is 0 Å². The van der Waals surface area contributed by atoms with Crippen molar-refractivity contribution in [3.63, 3.8) is 0 Å². The van der Waals surface area contributed by atoms with Gasteiger partial charge in [0, 0.05) is 37.9 Å². The van der Waals surface area contributed by atoms with Gasteiger partial charge in [0.2, 0.25) is 16.0 Å². The van der Waals surface area contributed by atoms with Crippen molar-refractivity contribution in [1.29, 1.82) is 0 Å². The minimum Gasteiger partial charge on any atom is -0.338 e. The number of aromatic nitrogens is 2. The fourth-order valence-corrected chi connectivity index (χ4v) is 5.13. The Hall–Kier alpha value is -2.76. The van der Waals surface area contributed by atoms with E-state index in [1.807, 2.05) is 0 Å². The van der Waals surface area contributed by atoms with Gasteiger partial charge in [-0.1, -0.05) is 23.7 Å². The largest absolute Gasteiger partial charge is 0.416 e. The average Bonchev–Trinajstić information content (AvgIpc) is 2.80. The fraction of sp³-hybridized carbons (Fsp3) is 0.238. The summed E-state index contributed by atoms with van der Waals surface area (Å²) in [5.41, 5.74) is -0.162. The molecule has 0 spiro atoms. The standard InChI is InChI=1S/C21H17ClF4N4O2S/c22-17-13-16(4-5-18(17)23)33(31,32)30-10-8-29(9-11-30)20-27-7-6-19(28-20)14-2-1-3-15(12-14)21(24,25)26/h1-7,12-13H,8-11H2. The van der Waals surface area contributed by atoms with E-state index in [1.165, 1.54) is 28.7 Å². The van der Waals surface area contributed by atoms with Gasteiger partial charge < -0.3 is 4.90 Å². The van der Waals surface area contributed by atoms with E-state index >= 15 is 0 Å². The highest BCUT2D eigenvalue weighted by Crippen LogP contribution is 2.32. The van der Waals surface area contributed by atoms with Gasteiger partial charge in [0.1, 0.15) is 5.82 Å². The minimum atomic E-state index is -4.47. The number of rotatable bonds is 4. The van der Waals surface area contributed by atoms with E-state index in [1.54, 1.807) is 4.90 Å². The van der Waals surface area contributed by atoms with E-state index in [0.717, 1.165) is 30.3 Å². The molecule has 0 aliphatic carbocycles. The van der Waals surface area contributed by atoms with Crippen LogP contribution in [0.5, 0.6) is 0 Å². The maximum absolute atomic E-state index is 13.4. The Morgan fingerprint density at radius 1 is 0.970 bits per heavy atom. The normalized spacial score (nSPS) is 15.6. The number of anilines is 1. The molecule has 0 bridgehead atoms. The lowest BCUT2D eigenvalue weighted by atomic mass is 10.1. The third-order valence-electron chi connectivity index (χ3n) is 5.18. The SMILES string of the molecule is O=S(=O)(c1ccc(F)c(Cl)c1)N1CCN(c2nccc(-c3cccc(C(F)(F)F)c3)n2)CC1. The molecule has 33 heavy (non-hydrogen) atoms. The first-order valence-corrected chi connectivity index (χ1v) is 11.6. The first-order chi connectivity index (χ1) is 15.6. The summed E-state index contributed by atoms with van der Waals surface area (Å²) in [5, 5.41) is -0.283. The third-order valence-corrected chi connectivity index (χ3v) is 7.36. The van der Waals surface area contributed by atoms with Crippen LogP contribution >= 0.6 is 11.6 Å². The molecule has 0 amide bonds. The van der Waals surface area contributed by atoms with E-state index < -0.39 is 27.6 Å². The zero-order valence-electron chi connectivity index (χ0n) is 16.9. The van der Waals surface area contributed by atoms with Crippen molar-refractivity contribution in [1.82, 2.24) is 14.3 Å². The molecule has 12 heteroatoms. The van der Waals surface area contributed by atoms with E-state index in [-0.39, 0.29) is 42.0 Å². The number of sulfonamides is 1. The molecule has 4 rings (SSSR count). The molecule has 1 saturated heterocycles. The Labute approximate surface area is 192 Å². The molecule has 3 aromatic rings. The van der Waals surface area contributed by atoms with Crippen molar-refractivity contribution in [2.75, 3.05) is 31.1 Å². The number of piperazine rings is 1. The van der Waals surface area contributed by atoms with Crippen LogP contribution in [-0.4, -0.2) is 48.9 Å². The van der Waals surface area contributed by atoms with Crippen molar-refractivity contribution in [3.8, 4) is 11.3 Å². The number of hydrogen-bond donors (Lipinski definition) is 0. The Morgan fingerprint density at radius 2 is 1.70 bits per heavy atom. The Balaban J connectivity index is 1.50. The fourth-order valence-electron chi connectivity index (χ4n) is 3.43. The van der Waals surface area contributed by atoms with Gasteiger partial charge in [-0.25, -0.2) is 22.8 Å². The predicted octanol–water partition coefficient (Wildman–Crippen LogP) is 4.47. The molecule has 0 radical (unpaired) electrons. The van der Waals surface area contributed by atoms with Crippen molar-refractivity contribution in [2.24, 2.45) is 0 Å². The Kier molecular flexibility index (Phi) is 6.30. The van der Waals surface area contributed by atoms with Gasteiger partial charge in [-0.15, -0.1) is 0 Å². The molecule has 6 nitrogen and oxygen atoms in total. The van der Waals surface area contributed by atoms with Crippen LogP contribution < -0.4 is 4.90 Å². The molecule has 1 aromatic heterocycles. The summed E-state index contributed by atoms with van der Waals surface area (Å²) in [7, 11) is -3.87. The Morgan fingerprint density at radius 3 is 2.36 bits per heavy atom. The van der Waals surface area contributed by atoms with Crippen LogP contribution in [0.4, 0.5) is 23.5 Å². The first kappa shape index (κ1) is 23.4. The highest BCUT2D eigenvalue weighted by Gasteiger charge is 2.31. The van der Waals surface area contributed by atoms with Gasteiger partial charge >= 0.3 is 6.18 Å². The quantitative estimate of drug-likeness (QED) is 0.495. The van der Waals surface area contributed by atoms with Crippen LogP contribution in [0.3, 0.4) is 0 Å². The van der Waals surface area contributed by atoms with E-state index in [9.17, 15) is 26.0 Å². The van der Waals surface area contributed by atoms with Gasteiger partial charge in [-0.2, -0.15) is 17.5 Å². The molecule has 174 valence electrons. The zero-order valence-corrected chi connectivity index (χ0v) is 18.5. The molecule has 1 fully saturated rings. The smallest absolute Gasteiger partial charge is 0.338 e. The van der Waals surface area contributed by atoms with Gasteiger partial charge in [-0.05, 0) is 36.4 Å². The third kappa shape index (κ3) is 4.94. The second kappa shape index (κ2) is 8.88. The lowest BCUT2D eigenvalue weighted by molar-refractivity contribution is -0.137. The van der Waals surface area contributed by atoms with E-state index in [0.29, 0.717) is 11.3 Å². The number of alkyl halides is 3. The van der Waals surface area contributed by atoms with E-state index in [2.05, 4.69) is 9.97 Å². The number of hydrogen-bond acceptors (Lipinski definition) is 5. The second-order valence-electron chi connectivity index (χ2n) is 7.29. The van der Waals surface area contributed by atoms with Crippen LogP contribution in [-0.2, 0) is 16.2 Å². The second-order valence-corrected chi connectivity index (χ2v) is 9.63. The molecular formula is C21H17ClF4N4O2S. The summed E-state index contributed by atoms with van der Waals surface area (Å²) in [4.78, 5) is 10.2. The molecule has 2 heterocycles. The monoisotopic (exact) mass is 500 g/mol.